The molecule has 1 aliphatic heterocycles. The summed E-state index contributed by atoms with van der Waals surface area (Å²) in [6.45, 7) is 7.77. The van der Waals surface area contributed by atoms with Crippen molar-refractivity contribution in [1.82, 2.24) is 48.9 Å². The number of hydrogen-bond acceptors (Lipinski definition) is 16. The van der Waals surface area contributed by atoms with Gasteiger partial charge in [0.15, 0.2) is 34.7 Å². The number of rotatable bonds is 22. The van der Waals surface area contributed by atoms with Crippen molar-refractivity contribution >= 4 is 54.0 Å². The minimum Gasteiger partial charge on any atom is -0.394 e. The number of fused-ring (bicyclic) bond motifs is 2. The van der Waals surface area contributed by atoms with Crippen molar-refractivity contribution < 1.29 is 169 Å². The predicted molar refractivity (Wildman–Crippen MR) is 287 cm³/mol. The summed E-state index contributed by atoms with van der Waals surface area (Å²) in [6.07, 6.45) is -1.73. The molecule has 1 fully saturated rings. The number of benzene rings is 4. The quantitative estimate of drug-likeness (QED) is 0.0420. The standard InChI is InChI=1S/C29H36N6O6S.C24H28N6O2S.3Ac/c1-18(2)16-42(39,40)32-14-23-33-27(30-13-21(19-9-5-3-6-10-19)20-11-7-4-8-12-20)24-28(34-23)35(17-31-24)29-26(38)25(37)22(15-36)41-29;1-17(2)15-33(31,32)28-14-21-29-23(22-24(30-21)27-16-26-22)25-13-20(18-9-5-3-6-10-18)19-11-7-4-8-12-19;;;/h3-12,17-18,21-22,25-26,29,32,36-38H,13-16H2,1-2H3,(H,30,33,34);3-12,16-17,20,28H,13-15H2,1-2H3,(H2,25,26,27,29,30);;;/t22-,25?,26?,29?;;;;/m1..../s1. The minimum atomic E-state index is -3.58. The normalized spacial score (nSPS) is 16.4. The van der Waals surface area contributed by atoms with Gasteiger partial charge in [-0.2, -0.15) is 0 Å². The molecule has 0 aliphatic carbocycles. The van der Waals surface area contributed by atoms with Gasteiger partial charge >= 0.3 is 0 Å². The van der Waals surface area contributed by atoms with E-state index in [0.717, 1.165) is 11.1 Å². The van der Waals surface area contributed by atoms with Crippen molar-refractivity contribution in [3.05, 3.63) is 168 Å². The smallest absolute Gasteiger partial charge is 0.212 e. The number of nitrogens with zero attached hydrogens (tertiary/aromatic N) is 7. The van der Waals surface area contributed by atoms with Gasteiger partial charge in [0.2, 0.25) is 20.0 Å². The average molecular weight is 1740 g/mol. The second-order valence-electron chi connectivity index (χ2n) is 19.1. The average Bonchev–Trinajstić information content (AvgIpc) is 4.18. The van der Waals surface area contributed by atoms with Gasteiger partial charge in [0.05, 0.1) is 43.9 Å². The van der Waals surface area contributed by atoms with Crippen LogP contribution in [0.1, 0.15) is 79.7 Å². The molecule has 1 aliphatic rings. The number of anilines is 2. The molecule has 3 radical (unpaired) electrons. The molecule has 8 aromatic rings. The van der Waals surface area contributed by atoms with E-state index in [4.69, 9.17) is 4.74 Å². The molecule has 20 nitrogen and oxygen atoms in total. The van der Waals surface area contributed by atoms with Gasteiger partial charge in [-0.05, 0) is 34.1 Å². The molecule has 3 unspecified atom stereocenters. The Morgan fingerprint density at radius 2 is 1.04 bits per heavy atom. The summed E-state index contributed by atoms with van der Waals surface area (Å²) in [5, 5.41) is 37.4. The first-order valence-electron chi connectivity index (χ1n) is 24.8. The number of aromatic nitrogens is 8. The van der Waals surface area contributed by atoms with Crippen LogP contribution in [-0.4, -0.2) is 121 Å². The molecule has 0 saturated carbocycles. The van der Waals surface area contributed by atoms with Crippen LogP contribution in [-0.2, 0) is 37.9 Å². The number of imidazole rings is 2. The molecule has 1 saturated heterocycles. The first-order chi connectivity index (χ1) is 36.1. The second kappa shape index (κ2) is 31.3. The van der Waals surface area contributed by atoms with Crippen molar-refractivity contribution in [3.63, 3.8) is 0 Å². The van der Waals surface area contributed by atoms with Crippen molar-refractivity contribution in [2.45, 2.75) is 77.2 Å². The first-order valence-corrected chi connectivity index (χ1v) is 28.1. The molecule has 9 rings (SSSR count). The molecule has 5 heterocycles. The monoisotopic (exact) mass is 1740 g/mol. The molecule has 0 amide bonds. The summed E-state index contributed by atoms with van der Waals surface area (Å²) < 4.78 is 61.9. The van der Waals surface area contributed by atoms with Crippen molar-refractivity contribution in [3.8, 4) is 0 Å². The van der Waals surface area contributed by atoms with Crippen LogP contribution >= 0.6 is 0 Å². The zero-order valence-electron chi connectivity index (χ0n) is 43.8. The maximum absolute atomic E-state index is 12.6. The van der Waals surface area contributed by atoms with Gasteiger partial charge in [-0.15, -0.1) is 0 Å². The number of ether oxygens (including phenoxy) is 1. The van der Waals surface area contributed by atoms with Crippen LogP contribution in [0, 0.1) is 144 Å². The van der Waals surface area contributed by atoms with E-state index in [-0.39, 0.29) is 192 Å². The first kappa shape index (κ1) is 66.4. The van der Waals surface area contributed by atoms with Crippen molar-refractivity contribution in [2.75, 3.05) is 41.8 Å². The third-order valence-corrected chi connectivity index (χ3v) is 15.7. The molecule has 405 valence electrons. The maximum atomic E-state index is 12.6. The Morgan fingerprint density at radius 3 is 1.47 bits per heavy atom. The minimum absolute atomic E-state index is 0. The molecule has 0 bridgehead atoms. The number of H-pyrrole nitrogens is 1. The Kier molecular flexibility index (Phi) is 26.6. The Hall–Kier alpha value is -2.44. The fraction of sp³-hybridized carbons (Fsp3) is 0.358. The Labute approximate surface area is 562 Å². The largest absolute Gasteiger partial charge is 0.394 e. The van der Waals surface area contributed by atoms with Gasteiger partial charge < -0.3 is 35.7 Å². The number of hydrogen-bond donors (Lipinski definition) is 8. The number of nitrogens with one attached hydrogen (secondary N) is 5. The van der Waals surface area contributed by atoms with Gasteiger partial charge in [-0.3, -0.25) is 4.57 Å². The van der Waals surface area contributed by atoms with Gasteiger partial charge in [0, 0.05) is 157 Å². The maximum Gasteiger partial charge on any atom is 0.212 e. The predicted octanol–water partition coefficient (Wildman–Crippen LogP) is 5.43. The topological polar surface area (TPSA) is 284 Å². The third kappa shape index (κ3) is 18.0. The van der Waals surface area contributed by atoms with Gasteiger partial charge in [0.1, 0.15) is 35.5 Å². The number of aliphatic hydroxyl groups excluding tert-OH is 3. The fourth-order valence-corrected chi connectivity index (χ4v) is 11.6. The molecule has 4 aromatic carbocycles. The van der Waals surface area contributed by atoms with E-state index in [9.17, 15) is 32.2 Å². The summed E-state index contributed by atoms with van der Waals surface area (Å²) >= 11 is 0. The number of aliphatic hydroxyl groups is 3. The summed E-state index contributed by atoms with van der Waals surface area (Å²) in [4.78, 5) is 30.0. The third-order valence-electron chi connectivity index (χ3n) is 12.4. The van der Waals surface area contributed by atoms with Crippen molar-refractivity contribution in [2.24, 2.45) is 11.8 Å². The van der Waals surface area contributed by atoms with E-state index < -0.39 is 51.2 Å². The van der Waals surface area contributed by atoms with E-state index in [0.29, 0.717) is 47.2 Å². The van der Waals surface area contributed by atoms with Gasteiger partial charge in [-0.1, -0.05) is 149 Å². The number of aromatic amines is 1. The molecule has 25 heteroatoms. The molecule has 8 N–H and O–H groups in total. The molecule has 4 aromatic heterocycles. The zero-order valence-corrected chi connectivity index (χ0v) is 59.7. The van der Waals surface area contributed by atoms with Crippen molar-refractivity contribution in [1.29, 1.82) is 0 Å². The van der Waals surface area contributed by atoms with E-state index >= 15 is 0 Å². The van der Waals surface area contributed by atoms with E-state index in [2.05, 4.69) is 103 Å². The zero-order chi connectivity index (χ0) is 53.1. The summed E-state index contributed by atoms with van der Waals surface area (Å²) in [5.41, 5.74) is 6.39. The summed E-state index contributed by atoms with van der Waals surface area (Å²) in [7, 11) is -6.99. The van der Waals surface area contributed by atoms with Crippen LogP contribution in [0.4, 0.5) is 11.6 Å². The fourth-order valence-electron chi connectivity index (χ4n) is 8.88. The summed E-state index contributed by atoms with van der Waals surface area (Å²) in [6, 6.07) is 40.7. The number of sulfonamides is 2. The molecular formula is C53H64Ac3N12O8S2. The summed E-state index contributed by atoms with van der Waals surface area (Å²) in [5.74, 6) is 1.55. The van der Waals surface area contributed by atoms with Crippen LogP contribution in [0.25, 0.3) is 22.3 Å². The van der Waals surface area contributed by atoms with Crippen LogP contribution in [0.5, 0.6) is 0 Å². The molecule has 4 atom stereocenters. The Morgan fingerprint density at radius 1 is 0.603 bits per heavy atom. The van der Waals surface area contributed by atoms with Crippen LogP contribution in [0.3, 0.4) is 0 Å². The van der Waals surface area contributed by atoms with Crippen LogP contribution in [0.2, 0.25) is 0 Å². The van der Waals surface area contributed by atoms with Gasteiger partial charge in [0.25, 0.3) is 0 Å². The van der Waals surface area contributed by atoms with E-state index in [1.807, 2.05) is 100 Å². The second-order valence-corrected chi connectivity index (χ2v) is 22.8. The van der Waals surface area contributed by atoms with Crippen LogP contribution < -0.4 is 20.1 Å². The van der Waals surface area contributed by atoms with Gasteiger partial charge in [-0.25, -0.2) is 56.2 Å². The van der Waals surface area contributed by atoms with Crippen LogP contribution in [0.15, 0.2) is 134 Å². The Balaban J connectivity index is 0.000000284. The SMILES string of the molecule is CC(C)CS(=O)(=O)NCc1nc(NCC(c2ccccc2)c2ccccc2)c2[nH]cnc2n1.CC(C)CS(=O)(=O)NCc1nc(NCC(c2ccccc2)c2ccccc2)c2ncn(C3O[C@H](CO)C(O)C3O)c2n1.[Ac].[Ac].[Ac]. The molecule has 78 heavy (non-hydrogen) atoms. The Bertz CT molecular complexity index is 3260. The van der Waals surface area contributed by atoms with E-state index in [1.165, 1.54) is 22.0 Å². The molecule has 0 spiro atoms. The van der Waals surface area contributed by atoms with E-state index in [1.54, 1.807) is 6.33 Å². The molecular weight excluding hydrogens is 1680 g/mol.